The lowest BCUT2D eigenvalue weighted by molar-refractivity contribution is 0.102. The Kier molecular flexibility index (Phi) is 3.53. The molecule has 1 aliphatic rings. The number of rotatable bonds is 4. The standard InChI is InChI=1S/C17H17N5O2/c1-24-15-10-14(19-20-15)18-17(23)16-12-8-5-9-13(12)22(21-16)11-6-3-2-4-7-11/h2-4,6-7,10H,5,8-9H2,1H3,(H2,18,19,20,23). The van der Waals surface area contributed by atoms with E-state index in [1.165, 1.54) is 7.11 Å². The Morgan fingerprint density at radius 1 is 1.29 bits per heavy atom. The molecule has 0 saturated heterocycles. The van der Waals surface area contributed by atoms with Crippen molar-refractivity contribution in [2.24, 2.45) is 0 Å². The van der Waals surface area contributed by atoms with Crippen LogP contribution in [-0.2, 0) is 12.8 Å². The number of carbonyl (C=O) groups is 1. The number of fused-ring (bicyclic) bond motifs is 1. The minimum Gasteiger partial charge on any atom is -0.480 e. The molecule has 2 heterocycles. The monoisotopic (exact) mass is 323 g/mol. The number of hydrogen-bond donors (Lipinski definition) is 2. The van der Waals surface area contributed by atoms with Gasteiger partial charge in [0.2, 0.25) is 5.88 Å². The normalized spacial score (nSPS) is 12.9. The number of benzene rings is 1. The predicted octanol–water partition coefficient (Wildman–Crippen LogP) is 2.34. The van der Waals surface area contributed by atoms with Crippen molar-refractivity contribution in [3.05, 3.63) is 53.3 Å². The fraction of sp³-hybridized carbons (Fsp3) is 0.235. The van der Waals surface area contributed by atoms with Gasteiger partial charge in [-0.3, -0.25) is 9.89 Å². The molecule has 0 unspecified atom stereocenters. The van der Waals surface area contributed by atoms with Gasteiger partial charge in [-0.2, -0.15) is 5.10 Å². The molecule has 7 nitrogen and oxygen atoms in total. The molecule has 3 aromatic rings. The molecule has 122 valence electrons. The lowest BCUT2D eigenvalue weighted by Gasteiger charge is -2.04. The molecule has 7 heteroatoms. The van der Waals surface area contributed by atoms with E-state index < -0.39 is 0 Å². The SMILES string of the molecule is COc1cc(NC(=O)c2nn(-c3ccccc3)c3c2CCC3)[nH]n1. The fourth-order valence-corrected chi connectivity index (χ4v) is 3.06. The summed E-state index contributed by atoms with van der Waals surface area (Å²) in [5.41, 5.74) is 3.59. The third-order valence-corrected chi connectivity index (χ3v) is 4.16. The number of aromatic nitrogens is 4. The third-order valence-electron chi connectivity index (χ3n) is 4.16. The van der Waals surface area contributed by atoms with Crippen LogP contribution in [0.3, 0.4) is 0 Å². The van der Waals surface area contributed by atoms with E-state index in [1.807, 2.05) is 35.0 Å². The zero-order valence-corrected chi connectivity index (χ0v) is 13.2. The van der Waals surface area contributed by atoms with Crippen molar-refractivity contribution in [3.8, 4) is 11.6 Å². The molecule has 0 saturated carbocycles. The van der Waals surface area contributed by atoms with Crippen LogP contribution in [0.2, 0.25) is 0 Å². The second kappa shape index (κ2) is 5.84. The second-order valence-electron chi connectivity index (χ2n) is 5.65. The van der Waals surface area contributed by atoms with Crippen molar-refractivity contribution >= 4 is 11.7 Å². The molecule has 0 bridgehead atoms. The van der Waals surface area contributed by atoms with Gasteiger partial charge in [-0.05, 0) is 31.4 Å². The van der Waals surface area contributed by atoms with E-state index >= 15 is 0 Å². The number of nitrogens with zero attached hydrogens (tertiary/aromatic N) is 3. The summed E-state index contributed by atoms with van der Waals surface area (Å²) in [7, 11) is 1.52. The lowest BCUT2D eigenvalue weighted by atomic mass is 10.2. The van der Waals surface area contributed by atoms with E-state index in [0.717, 1.165) is 36.2 Å². The summed E-state index contributed by atoms with van der Waals surface area (Å²) in [5.74, 6) is 0.664. The first kappa shape index (κ1) is 14.5. The highest BCUT2D eigenvalue weighted by Gasteiger charge is 2.27. The smallest absolute Gasteiger partial charge is 0.277 e. The largest absolute Gasteiger partial charge is 0.480 e. The van der Waals surface area contributed by atoms with Gasteiger partial charge >= 0.3 is 0 Å². The number of nitrogens with one attached hydrogen (secondary N) is 2. The Balaban J connectivity index is 1.67. The number of aromatic amines is 1. The zero-order valence-electron chi connectivity index (χ0n) is 13.2. The van der Waals surface area contributed by atoms with E-state index in [1.54, 1.807) is 6.07 Å². The van der Waals surface area contributed by atoms with Gasteiger partial charge in [-0.15, -0.1) is 5.10 Å². The van der Waals surface area contributed by atoms with E-state index in [9.17, 15) is 4.79 Å². The minimum atomic E-state index is -0.242. The first-order valence-electron chi connectivity index (χ1n) is 7.83. The molecule has 1 aliphatic carbocycles. The second-order valence-corrected chi connectivity index (χ2v) is 5.65. The average molecular weight is 323 g/mol. The minimum absolute atomic E-state index is 0.242. The van der Waals surface area contributed by atoms with Crippen LogP contribution in [0.4, 0.5) is 5.82 Å². The zero-order chi connectivity index (χ0) is 16.5. The van der Waals surface area contributed by atoms with Crippen LogP contribution in [0.5, 0.6) is 5.88 Å². The molecule has 24 heavy (non-hydrogen) atoms. The summed E-state index contributed by atoms with van der Waals surface area (Å²) < 4.78 is 6.88. The van der Waals surface area contributed by atoms with Crippen LogP contribution in [0.25, 0.3) is 5.69 Å². The van der Waals surface area contributed by atoms with Crippen molar-refractivity contribution in [1.82, 2.24) is 20.0 Å². The van der Waals surface area contributed by atoms with Gasteiger partial charge in [0, 0.05) is 17.3 Å². The van der Waals surface area contributed by atoms with Gasteiger partial charge in [-0.25, -0.2) is 4.68 Å². The van der Waals surface area contributed by atoms with E-state index in [0.29, 0.717) is 17.4 Å². The first-order chi connectivity index (χ1) is 11.8. The molecular weight excluding hydrogens is 306 g/mol. The van der Waals surface area contributed by atoms with Gasteiger partial charge in [0.25, 0.3) is 5.91 Å². The highest BCUT2D eigenvalue weighted by Crippen LogP contribution is 2.28. The van der Waals surface area contributed by atoms with Gasteiger partial charge in [0.1, 0.15) is 5.82 Å². The highest BCUT2D eigenvalue weighted by molar-refractivity contribution is 6.03. The van der Waals surface area contributed by atoms with Crippen molar-refractivity contribution < 1.29 is 9.53 Å². The van der Waals surface area contributed by atoms with Crippen LogP contribution in [0.1, 0.15) is 28.2 Å². The van der Waals surface area contributed by atoms with Gasteiger partial charge < -0.3 is 10.1 Å². The molecule has 4 rings (SSSR count). The van der Waals surface area contributed by atoms with Crippen LogP contribution >= 0.6 is 0 Å². The van der Waals surface area contributed by atoms with Crippen molar-refractivity contribution in [3.63, 3.8) is 0 Å². The number of anilines is 1. The Labute approximate surface area is 138 Å². The topological polar surface area (TPSA) is 84.8 Å². The van der Waals surface area contributed by atoms with E-state index in [-0.39, 0.29) is 5.91 Å². The van der Waals surface area contributed by atoms with E-state index in [2.05, 4.69) is 20.6 Å². The summed E-state index contributed by atoms with van der Waals surface area (Å²) in [6.45, 7) is 0. The summed E-state index contributed by atoms with van der Waals surface area (Å²) in [4.78, 5) is 12.6. The Hall–Kier alpha value is -3.09. The average Bonchev–Trinajstić information content (AvgIpc) is 3.31. The number of para-hydroxylation sites is 1. The molecule has 2 aromatic heterocycles. The maximum Gasteiger partial charge on any atom is 0.277 e. The Morgan fingerprint density at radius 2 is 2.12 bits per heavy atom. The molecule has 2 N–H and O–H groups in total. The summed E-state index contributed by atoms with van der Waals surface area (Å²) in [5, 5.41) is 14.0. The van der Waals surface area contributed by atoms with Crippen LogP contribution in [-0.4, -0.2) is 33.0 Å². The number of ether oxygens (including phenoxy) is 1. The Bertz CT molecular complexity index is 882. The van der Waals surface area contributed by atoms with Crippen molar-refractivity contribution in [2.45, 2.75) is 19.3 Å². The maximum atomic E-state index is 12.6. The number of amides is 1. The van der Waals surface area contributed by atoms with Gasteiger partial charge in [-0.1, -0.05) is 18.2 Å². The Morgan fingerprint density at radius 3 is 2.88 bits per heavy atom. The quantitative estimate of drug-likeness (QED) is 0.772. The van der Waals surface area contributed by atoms with E-state index in [4.69, 9.17) is 4.74 Å². The van der Waals surface area contributed by atoms with Crippen molar-refractivity contribution in [2.75, 3.05) is 12.4 Å². The first-order valence-corrected chi connectivity index (χ1v) is 7.83. The predicted molar refractivity (Wildman–Crippen MR) is 88.7 cm³/mol. The number of H-pyrrole nitrogens is 1. The van der Waals surface area contributed by atoms with Crippen molar-refractivity contribution in [1.29, 1.82) is 0 Å². The van der Waals surface area contributed by atoms with Crippen LogP contribution in [0, 0.1) is 0 Å². The molecule has 0 fully saturated rings. The molecule has 1 amide bonds. The number of hydrogen-bond acceptors (Lipinski definition) is 4. The lowest BCUT2D eigenvalue weighted by Crippen LogP contribution is -2.15. The van der Waals surface area contributed by atoms with Crippen LogP contribution < -0.4 is 10.1 Å². The maximum absolute atomic E-state index is 12.6. The van der Waals surface area contributed by atoms with Gasteiger partial charge in [0.15, 0.2) is 5.69 Å². The number of methoxy groups -OCH3 is 1. The summed E-state index contributed by atoms with van der Waals surface area (Å²) in [6.07, 6.45) is 2.85. The third kappa shape index (κ3) is 2.44. The summed E-state index contributed by atoms with van der Waals surface area (Å²) in [6, 6.07) is 11.5. The molecule has 0 atom stereocenters. The van der Waals surface area contributed by atoms with Crippen LogP contribution in [0.15, 0.2) is 36.4 Å². The summed E-state index contributed by atoms with van der Waals surface area (Å²) >= 11 is 0. The molecular formula is C17H17N5O2. The molecule has 0 radical (unpaired) electrons. The number of carbonyl (C=O) groups excluding carboxylic acids is 1. The molecule has 1 aromatic carbocycles. The highest BCUT2D eigenvalue weighted by atomic mass is 16.5. The molecule has 0 aliphatic heterocycles. The molecule has 0 spiro atoms. The fourth-order valence-electron chi connectivity index (χ4n) is 3.06. The van der Waals surface area contributed by atoms with Gasteiger partial charge in [0.05, 0.1) is 12.8 Å².